The molecular formula is C30H30N2O8. The Morgan fingerprint density at radius 3 is 2.58 bits per heavy atom. The molecule has 5 rings (SSSR count). The highest BCUT2D eigenvalue weighted by Crippen LogP contribution is 2.52. The molecule has 0 unspecified atom stereocenters. The zero-order valence-electron chi connectivity index (χ0n) is 22.1. The minimum absolute atomic E-state index is 0.0208. The van der Waals surface area contributed by atoms with Crippen LogP contribution in [0.5, 0.6) is 5.75 Å². The number of nitrogens with two attached hydrogens (primary N) is 1. The van der Waals surface area contributed by atoms with Gasteiger partial charge in [0.25, 0.3) is 5.91 Å². The number of carbonyl (C=O) groups excluding carboxylic acids is 3. The molecule has 2 aromatic carbocycles. The van der Waals surface area contributed by atoms with Crippen LogP contribution >= 0.6 is 0 Å². The third kappa shape index (κ3) is 3.98. The number of benzene rings is 2. The molecular weight excluding hydrogens is 516 g/mol. The van der Waals surface area contributed by atoms with Gasteiger partial charge in [-0.05, 0) is 65.1 Å². The van der Waals surface area contributed by atoms with Crippen molar-refractivity contribution in [2.75, 3.05) is 7.11 Å². The van der Waals surface area contributed by atoms with E-state index >= 15 is 0 Å². The SMILES string of the molecule is CCCc1ccc(/C=N/OC)cc1-c1ccc(O)c2c1C[C@H]1C[C@H]3CC(O)=C(C(N)=O)C(=O)[C@@]3(O)C(O)=C1C2=O. The van der Waals surface area contributed by atoms with E-state index in [4.69, 9.17) is 10.6 Å². The summed E-state index contributed by atoms with van der Waals surface area (Å²) in [5, 5.41) is 47.7. The fourth-order valence-electron chi connectivity index (χ4n) is 6.40. The van der Waals surface area contributed by atoms with Crippen molar-refractivity contribution in [3.8, 4) is 16.9 Å². The van der Waals surface area contributed by atoms with Crippen LogP contribution in [0.3, 0.4) is 0 Å². The van der Waals surface area contributed by atoms with E-state index in [9.17, 15) is 34.8 Å². The molecule has 2 aromatic rings. The number of allylic oxidation sites excluding steroid dienone is 2. The molecule has 0 aliphatic heterocycles. The zero-order valence-corrected chi connectivity index (χ0v) is 22.1. The van der Waals surface area contributed by atoms with E-state index in [0.717, 1.165) is 35.1 Å². The fraction of sp³-hybridized carbons (Fsp3) is 0.333. The van der Waals surface area contributed by atoms with E-state index < -0.39 is 52.0 Å². The number of fused-ring (bicyclic) bond motifs is 3. The largest absolute Gasteiger partial charge is 0.511 e. The lowest BCUT2D eigenvalue weighted by atomic mass is 9.60. The van der Waals surface area contributed by atoms with Gasteiger partial charge in [-0.25, -0.2) is 0 Å². The molecule has 208 valence electrons. The Morgan fingerprint density at radius 2 is 1.90 bits per heavy atom. The summed E-state index contributed by atoms with van der Waals surface area (Å²) in [7, 11) is 1.45. The monoisotopic (exact) mass is 546 g/mol. The van der Waals surface area contributed by atoms with Crippen molar-refractivity contribution in [1.82, 2.24) is 0 Å². The number of amides is 1. The number of hydrogen-bond acceptors (Lipinski definition) is 9. The van der Waals surface area contributed by atoms with Gasteiger partial charge in [-0.2, -0.15) is 0 Å². The number of ketones is 2. The third-order valence-corrected chi connectivity index (χ3v) is 8.20. The van der Waals surface area contributed by atoms with Gasteiger partial charge in [0.1, 0.15) is 30.0 Å². The van der Waals surface area contributed by atoms with Crippen molar-refractivity contribution in [3.05, 3.63) is 75.3 Å². The number of carbonyl (C=O) groups is 3. The van der Waals surface area contributed by atoms with Gasteiger partial charge < -0.3 is 31.0 Å². The van der Waals surface area contributed by atoms with Crippen molar-refractivity contribution in [3.63, 3.8) is 0 Å². The maximum absolute atomic E-state index is 13.9. The number of aliphatic hydroxyl groups excluding tert-OH is 2. The lowest BCUT2D eigenvalue weighted by molar-refractivity contribution is -0.144. The Hall–Kier alpha value is -4.44. The van der Waals surface area contributed by atoms with Crippen molar-refractivity contribution in [1.29, 1.82) is 0 Å². The minimum atomic E-state index is -2.59. The molecule has 3 aliphatic rings. The first-order chi connectivity index (χ1) is 19.0. The highest BCUT2D eigenvalue weighted by Gasteiger charge is 2.59. The summed E-state index contributed by atoms with van der Waals surface area (Å²) in [5.41, 5.74) is 5.64. The van der Waals surface area contributed by atoms with Crippen molar-refractivity contribution in [2.45, 2.75) is 44.6 Å². The normalized spacial score (nSPS) is 24.2. The fourth-order valence-corrected chi connectivity index (χ4v) is 6.40. The van der Waals surface area contributed by atoms with Crippen LogP contribution < -0.4 is 5.73 Å². The molecule has 1 amide bonds. The molecule has 6 N–H and O–H groups in total. The molecule has 0 saturated carbocycles. The number of nitrogens with zero attached hydrogens (tertiary/aromatic N) is 1. The van der Waals surface area contributed by atoms with Gasteiger partial charge in [0.15, 0.2) is 11.4 Å². The summed E-state index contributed by atoms with van der Waals surface area (Å²) in [6.07, 6.45) is 3.23. The van der Waals surface area contributed by atoms with Gasteiger partial charge in [-0.3, -0.25) is 14.4 Å². The molecule has 0 radical (unpaired) electrons. The van der Waals surface area contributed by atoms with Gasteiger partial charge >= 0.3 is 0 Å². The smallest absolute Gasteiger partial charge is 0.255 e. The van der Waals surface area contributed by atoms with Crippen LogP contribution in [0.15, 0.2) is 58.2 Å². The molecule has 0 heterocycles. The Kier molecular flexibility index (Phi) is 6.75. The van der Waals surface area contributed by atoms with E-state index in [0.29, 0.717) is 5.56 Å². The zero-order chi connectivity index (χ0) is 28.9. The lowest BCUT2D eigenvalue weighted by Gasteiger charge is -2.45. The standard InChI is InChI=1S/C30H30N2O8/c1-3-4-15-6-5-14(13-32-40-2)9-19(15)18-7-8-21(33)24-20(18)11-16-10-17-12-22(34)25(29(31)38)28(37)30(17,39)27(36)23(16)26(24)35/h5-9,13,16-17,33-34,36,39H,3-4,10-12H2,1-2H3,(H2,31,38)/b32-13+/t16-,17+,30+/m1/s1. The highest BCUT2D eigenvalue weighted by atomic mass is 16.6. The number of aromatic hydroxyl groups is 1. The lowest BCUT2D eigenvalue weighted by Crippen LogP contribution is -2.57. The van der Waals surface area contributed by atoms with E-state index in [1.165, 1.54) is 13.2 Å². The predicted octanol–water partition coefficient (Wildman–Crippen LogP) is 3.18. The van der Waals surface area contributed by atoms with Crippen LogP contribution in [0.4, 0.5) is 0 Å². The second kappa shape index (κ2) is 9.95. The summed E-state index contributed by atoms with van der Waals surface area (Å²) >= 11 is 0. The van der Waals surface area contributed by atoms with Crippen LogP contribution in [0.1, 0.15) is 53.2 Å². The van der Waals surface area contributed by atoms with E-state index in [2.05, 4.69) is 12.1 Å². The number of rotatable bonds is 6. The first-order valence-electron chi connectivity index (χ1n) is 13.1. The second-order valence-corrected chi connectivity index (χ2v) is 10.5. The van der Waals surface area contributed by atoms with Gasteiger partial charge in [-0.15, -0.1) is 0 Å². The van der Waals surface area contributed by atoms with Gasteiger partial charge in [-0.1, -0.05) is 36.7 Å². The molecule has 0 fully saturated rings. The third-order valence-electron chi connectivity index (χ3n) is 8.20. The molecule has 0 spiro atoms. The van der Waals surface area contributed by atoms with E-state index in [1.54, 1.807) is 12.3 Å². The topological polar surface area (TPSA) is 180 Å². The first kappa shape index (κ1) is 27.1. The van der Waals surface area contributed by atoms with E-state index in [-0.39, 0.29) is 36.1 Å². The number of phenolic OH excluding ortho intramolecular Hbond substituents is 1. The maximum Gasteiger partial charge on any atom is 0.255 e. The highest BCUT2D eigenvalue weighted by molar-refractivity contribution is 6.24. The van der Waals surface area contributed by atoms with Gasteiger partial charge in [0.05, 0.1) is 11.8 Å². The molecule has 0 aromatic heterocycles. The minimum Gasteiger partial charge on any atom is -0.511 e. The molecule has 40 heavy (non-hydrogen) atoms. The number of aryl methyl sites for hydroxylation is 1. The first-order valence-corrected chi connectivity index (χ1v) is 13.1. The number of phenols is 1. The quantitative estimate of drug-likeness (QED) is 0.208. The Bertz CT molecular complexity index is 1550. The Labute approximate surface area is 230 Å². The molecule has 0 saturated heterocycles. The average Bonchev–Trinajstić information content (AvgIpc) is 2.90. The summed E-state index contributed by atoms with van der Waals surface area (Å²) in [6.45, 7) is 2.06. The molecule has 10 heteroatoms. The number of oxime groups is 1. The van der Waals surface area contributed by atoms with Crippen LogP contribution in [-0.4, -0.2) is 56.8 Å². The molecule has 3 aliphatic carbocycles. The summed E-state index contributed by atoms with van der Waals surface area (Å²) in [5.74, 6) is -6.51. The second-order valence-electron chi connectivity index (χ2n) is 10.5. The van der Waals surface area contributed by atoms with Crippen LogP contribution in [0.25, 0.3) is 11.1 Å². The molecule has 0 bridgehead atoms. The average molecular weight is 547 g/mol. The summed E-state index contributed by atoms with van der Waals surface area (Å²) < 4.78 is 0. The summed E-state index contributed by atoms with van der Waals surface area (Å²) in [6, 6.07) is 8.99. The van der Waals surface area contributed by atoms with Crippen LogP contribution in [0.2, 0.25) is 0 Å². The van der Waals surface area contributed by atoms with E-state index in [1.807, 2.05) is 18.2 Å². The van der Waals surface area contributed by atoms with Crippen molar-refractivity contribution in [2.24, 2.45) is 22.7 Å². The molecule has 3 atom stereocenters. The van der Waals surface area contributed by atoms with Crippen molar-refractivity contribution >= 4 is 23.7 Å². The summed E-state index contributed by atoms with van der Waals surface area (Å²) in [4.78, 5) is 43.7. The van der Waals surface area contributed by atoms with Gasteiger partial charge in [0.2, 0.25) is 5.78 Å². The number of hydrogen-bond donors (Lipinski definition) is 5. The number of aliphatic hydroxyl groups is 3. The number of primary amides is 1. The Morgan fingerprint density at radius 1 is 1.15 bits per heavy atom. The Balaban J connectivity index is 1.68. The predicted molar refractivity (Wildman–Crippen MR) is 145 cm³/mol. The molecule has 10 nitrogen and oxygen atoms in total. The maximum atomic E-state index is 13.9. The van der Waals surface area contributed by atoms with Gasteiger partial charge in [0, 0.05) is 17.9 Å². The van der Waals surface area contributed by atoms with Crippen LogP contribution in [0, 0.1) is 11.8 Å². The van der Waals surface area contributed by atoms with Crippen LogP contribution in [-0.2, 0) is 27.3 Å². The number of Topliss-reactive ketones (excluding diaryl/α,β-unsaturated/α-hetero) is 2. The van der Waals surface area contributed by atoms with Crippen molar-refractivity contribution < 1.29 is 39.6 Å².